The fraction of sp³-hybridized carbons (Fsp3) is 0.556. The molecule has 0 aromatic carbocycles. The SMILES string of the molecule is O=C(Nc1cnn(-c2ncc(N3CCSCC3)cn2)c1)NC1CCCCC1. The number of nitrogens with zero attached hydrogens (tertiary/aromatic N) is 5. The lowest BCUT2D eigenvalue weighted by Crippen LogP contribution is -2.38. The Morgan fingerprint density at radius 1 is 1.07 bits per heavy atom. The van der Waals surface area contributed by atoms with Crippen LogP contribution in [0, 0.1) is 0 Å². The summed E-state index contributed by atoms with van der Waals surface area (Å²) in [6.45, 7) is 2.05. The predicted octanol–water partition coefficient (Wildman–Crippen LogP) is 2.67. The van der Waals surface area contributed by atoms with E-state index in [1.807, 2.05) is 24.2 Å². The van der Waals surface area contributed by atoms with Gasteiger partial charge >= 0.3 is 6.03 Å². The minimum Gasteiger partial charge on any atom is -0.367 e. The minimum absolute atomic E-state index is 0.180. The van der Waals surface area contributed by atoms with Gasteiger partial charge in [-0.25, -0.2) is 19.4 Å². The third kappa shape index (κ3) is 4.71. The van der Waals surface area contributed by atoms with E-state index in [0.717, 1.165) is 43.1 Å². The van der Waals surface area contributed by atoms with Gasteiger partial charge in [-0.1, -0.05) is 19.3 Å². The molecule has 1 saturated carbocycles. The zero-order valence-electron chi connectivity index (χ0n) is 15.3. The molecule has 2 amide bonds. The van der Waals surface area contributed by atoms with E-state index in [1.54, 1.807) is 17.1 Å². The highest BCUT2D eigenvalue weighted by molar-refractivity contribution is 7.99. The van der Waals surface area contributed by atoms with Gasteiger partial charge in [0.2, 0.25) is 0 Å². The first-order valence-electron chi connectivity index (χ1n) is 9.55. The molecule has 9 heteroatoms. The lowest BCUT2D eigenvalue weighted by atomic mass is 9.96. The lowest BCUT2D eigenvalue weighted by Gasteiger charge is -2.27. The molecule has 2 aromatic heterocycles. The van der Waals surface area contributed by atoms with Crippen LogP contribution in [0.1, 0.15) is 32.1 Å². The first-order chi connectivity index (χ1) is 13.3. The molecule has 0 bridgehead atoms. The summed E-state index contributed by atoms with van der Waals surface area (Å²) in [7, 11) is 0. The van der Waals surface area contributed by atoms with Crippen LogP contribution in [-0.2, 0) is 0 Å². The molecular weight excluding hydrogens is 362 g/mol. The summed E-state index contributed by atoms with van der Waals surface area (Å²) in [5.74, 6) is 2.77. The fourth-order valence-corrected chi connectivity index (χ4v) is 4.42. The molecule has 0 spiro atoms. The van der Waals surface area contributed by atoms with E-state index in [0.29, 0.717) is 11.6 Å². The van der Waals surface area contributed by atoms with E-state index < -0.39 is 0 Å². The molecule has 2 aromatic rings. The van der Waals surface area contributed by atoms with Crippen LogP contribution in [0.2, 0.25) is 0 Å². The van der Waals surface area contributed by atoms with Gasteiger partial charge in [0.1, 0.15) is 0 Å². The summed E-state index contributed by atoms with van der Waals surface area (Å²) in [5.41, 5.74) is 1.67. The first kappa shape index (κ1) is 18.1. The number of carbonyl (C=O) groups is 1. The quantitative estimate of drug-likeness (QED) is 0.839. The van der Waals surface area contributed by atoms with Crippen LogP contribution in [0.15, 0.2) is 24.8 Å². The highest BCUT2D eigenvalue weighted by Gasteiger charge is 2.16. The van der Waals surface area contributed by atoms with Crippen molar-refractivity contribution in [3.63, 3.8) is 0 Å². The second-order valence-electron chi connectivity index (χ2n) is 6.95. The molecular formula is C18H25N7OS. The monoisotopic (exact) mass is 387 g/mol. The van der Waals surface area contributed by atoms with E-state index in [4.69, 9.17) is 0 Å². The normalized spacial score (nSPS) is 18.3. The highest BCUT2D eigenvalue weighted by Crippen LogP contribution is 2.19. The molecule has 8 nitrogen and oxygen atoms in total. The number of thioether (sulfide) groups is 1. The van der Waals surface area contributed by atoms with Crippen molar-refractivity contribution in [2.75, 3.05) is 34.8 Å². The van der Waals surface area contributed by atoms with Gasteiger partial charge in [-0.3, -0.25) is 0 Å². The van der Waals surface area contributed by atoms with Gasteiger partial charge in [-0.2, -0.15) is 16.9 Å². The van der Waals surface area contributed by atoms with E-state index in [9.17, 15) is 4.79 Å². The molecule has 1 aliphatic heterocycles. The van der Waals surface area contributed by atoms with Crippen molar-refractivity contribution < 1.29 is 4.79 Å². The topological polar surface area (TPSA) is 88.0 Å². The maximum atomic E-state index is 12.1. The van der Waals surface area contributed by atoms with Crippen molar-refractivity contribution in [1.82, 2.24) is 25.1 Å². The van der Waals surface area contributed by atoms with E-state index in [1.165, 1.54) is 19.3 Å². The minimum atomic E-state index is -0.180. The van der Waals surface area contributed by atoms with Gasteiger partial charge in [0.05, 0.1) is 36.2 Å². The highest BCUT2D eigenvalue weighted by atomic mass is 32.2. The Morgan fingerprint density at radius 3 is 2.56 bits per heavy atom. The number of anilines is 2. The maximum absolute atomic E-state index is 12.1. The number of hydrogen-bond acceptors (Lipinski definition) is 6. The number of aromatic nitrogens is 4. The molecule has 2 aliphatic rings. The van der Waals surface area contributed by atoms with Gasteiger partial charge in [-0.15, -0.1) is 0 Å². The Balaban J connectivity index is 1.34. The third-order valence-electron chi connectivity index (χ3n) is 4.99. The Labute approximate surface area is 163 Å². The van der Waals surface area contributed by atoms with Gasteiger partial charge in [-0.05, 0) is 12.8 Å². The predicted molar refractivity (Wildman–Crippen MR) is 108 cm³/mol. The lowest BCUT2D eigenvalue weighted by molar-refractivity contribution is 0.244. The van der Waals surface area contributed by atoms with Crippen LogP contribution in [0.5, 0.6) is 0 Å². The Kier molecular flexibility index (Phi) is 5.76. The van der Waals surface area contributed by atoms with Crippen molar-refractivity contribution in [1.29, 1.82) is 0 Å². The number of amides is 2. The summed E-state index contributed by atoms with van der Waals surface area (Å²) in [6.07, 6.45) is 12.8. The second-order valence-corrected chi connectivity index (χ2v) is 8.17. The smallest absolute Gasteiger partial charge is 0.319 e. The molecule has 3 heterocycles. The molecule has 27 heavy (non-hydrogen) atoms. The Hall–Kier alpha value is -2.29. The average molecular weight is 388 g/mol. The van der Waals surface area contributed by atoms with Crippen molar-refractivity contribution in [3.8, 4) is 5.95 Å². The zero-order valence-corrected chi connectivity index (χ0v) is 16.1. The Bertz CT molecular complexity index is 751. The van der Waals surface area contributed by atoms with Crippen LogP contribution in [0.4, 0.5) is 16.2 Å². The summed E-state index contributed by atoms with van der Waals surface area (Å²) >= 11 is 1.98. The molecule has 4 rings (SSSR count). The largest absolute Gasteiger partial charge is 0.367 e. The molecule has 144 valence electrons. The molecule has 2 N–H and O–H groups in total. The van der Waals surface area contributed by atoms with Gasteiger partial charge in [0.15, 0.2) is 0 Å². The molecule has 2 fully saturated rings. The van der Waals surface area contributed by atoms with Crippen LogP contribution in [0.3, 0.4) is 0 Å². The fourth-order valence-electron chi connectivity index (χ4n) is 3.51. The number of urea groups is 1. The second kappa shape index (κ2) is 8.60. The van der Waals surface area contributed by atoms with Crippen LogP contribution < -0.4 is 15.5 Å². The third-order valence-corrected chi connectivity index (χ3v) is 5.93. The van der Waals surface area contributed by atoms with Crippen molar-refractivity contribution in [2.24, 2.45) is 0 Å². The van der Waals surface area contributed by atoms with E-state index in [-0.39, 0.29) is 12.1 Å². The van der Waals surface area contributed by atoms with Crippen LogP contribution in [0.25, 0.3) is 5.95 Å². The maximum Gasteiger partial charge on any atom is 0.319 e. The molecule has 0 atom stereocenters. The van der Waals surface area contributed by atoms with Crippen molar-refractivity contribution >= 4 is 29.2 Å². The number of hydrogen-bond donors (Lipinski definition) is 2. The van der Waals surface area contributed by atoms with Gasteiger partial charge in [0, 0.05) is 30.6 Å². The average Bonchev–Trinajstić information content (AvgIpc) is 3.18. The summed E-state index contributed by atoms with van der Waals surface area (Å²) in [6, 6.07) is 0.0959. The van der Waals surface area contributed by atoms with E-state index >= 15 is 0 Å². The molecule has 1 saturated heterocycles. The van der Waals surface area contributed by atoms with Crippen molar-refractivity contribution in [2.45, 2.75) is 38.1 Å². The van der Waals surface area contributed by atoms with Crippen LogP contribution in [-0.4, -0.2) is 56.4 Å². The zero-order chi connectivity index (χ0) is 18.5. The molecule has 0 radical (unpaired) electrons. The summed E-state index contributed by atoms with van der Waals surface area (Å²) in [5, 5.41) is 10.1. The number of carbonyl (C=O) groups excluding carboxylic acids is 1. The molecule has 1 aliphatic carbocycles. The number of rotatable bonds is 4. The van der Waals surface area contributed by atoms with Gasteiger partial charge < -0.3 is 15.5 Å². The Morgan fingerprint density at radius 2 is 1.81 bits per heavy atom. The van der Waals surface area contributed by atoms with Gasteiger partial charge in [0.25, 0.3) is 5.95 Å². The van der Waals surface area contributed by atoms with Crippen molar-refractivity contribution in [3.05, 3.63) is 24.8 Å². The first-order valence-corrected chi connectivity index (χ1v) is 10.7. The van der Waals surface area contributed by atoms with Crippen LogP contribution >= 0.6 is 11.8 Å². The summed E-state index contributed by atoms with van der Waals surface area (Å²) < 4.78 is 1.58. The van der Waals surface area contributed by atoms with E-state index in [2.05, 4.69) is 30.6 Å². The standard InChI is InChI=1S/C18H25N7OS/c26-18(22-14-4-2-1-3-5-14)23-15-10-21-25(13-15)17-19-11-16(12-20-17)24-6-8-27-9-7-24/h10-14H,1-9H2,(H2,22,23,26). The number of nitrogens with one attached hydrogen (secondary N) is 2. The molecule has 0 unspecified atom stereocenters. The summed E-state index contributed by atoms with van der Waals surface area (Å²) in [4.78, 5) is 23.3.